The first kappa shape index (κ1) is 22.0. The molecule has 0 amide bonds. The maximum atomic E-state index is 14.0. The average molecular weight is 459 g/mol. The summed E-state index contributed by atoms with van der Waals surface area (Å²) in [6.07, 6.45) is -0.131. The highest BCUT2D eigenvalue weighted by atomic mass is 35.5. The molecule has 3 aromatic rings. The number of anilines is 2. The lowest BCUT2D eigenvalue weighted by Crippen LogP contribution is -2.46. The van der Waals surface area contributed by atoms with Crippen molar-refractivity contribution in [1.29, 1.82) is 0 Å². The van der Waals surface area contributed by atoms with Gasteiger partial charge in [-0.3, -0.25) is 13.9 Å². The maximum Gasteiger partial charge on any atom is 0.332 e. The molecule has 1 unspecified atom stereocenters. The Bertz CT molecular complexity index is 1260. The minimum Gasteiger partial charge on any atom is -0.452 e. The van der Waals surface area contributed by atoms with Crippen molar-refractivity contribution in [3.05, 3.63) is 85.8 Å². The van der Waals surface area contributed by atoms with E-state index in [2.05, 4.69) is 0 Å². The third-order valence-electron chi connectivity index (χ3n) is 5.49. The monoisotopic (exact) mass is 458 g/mol. The standard InChI is InChI=1S/C23H24ClFN4O3/c1-4-12-28-21(30)19-20(26(2)22(28)31)27(3)23(29(19)14-15-8-6-5-7-9-15)32-16-10-11-17(24)18(25)13-16/h5-11,13,23H,4,12,14H2,1-3H3. The molecule has 1 aliphatic heterocycles. The summed E-state index contributed by atoms with van der Waals surface area (Å²) in [6.45, 7) is 2.59. The van der Waals surface area contributed by atoms with Gasteiger partial charge >= 0.3 is 5.69 Å². The maximum absolute atomic E-state index is 14.0. The Hall–Kier alpha value is -3.26. The molecule has 0 saturated heterocycles. The third kappa shape index (κ3) is 3.75. The molecule has 0 fully saturated rings. The number of halogens is 2. The Morgan fingerprint density at radius 2 is 1.81 bits per heavy atom. The normalized spacial score (nSPS) is 15.2. The molecule has 0 aliphatic carbocycles. The van der Waals surface area contributed by atoms with Gasteiger partial charge in [-0.05, 0) is 24.1 Å². The lowest BCUT2D eigenvalue weighted by Gasteiger charge is -2.30. The van der Waals surface area contributed by atoms with Gasteiger partial charge in [0.1, 0.15) is 23.1 Å². The highest BCUT2D eigenvalue weighted by molar-refractivity contribution is 6.30. The number of fused-ring (bicyclic) bond motifs is 1. The Morgan fingerprint density at radius 1 is 1.09 bits per heavy atom. The first-order chi connectivity index (χ1) is 15.3. The predicted octanol–water partition coefficient (Wildman–Crippen LogP) is 3.57. The molecule has 0 N–H and O–H groups in total. The van der Waals surface area contributed by atoms with Gasteiger partial charge in [-0.15, -0.1) is 0 Å². The van der Waals surface area contributed by atoms with Gasteiger partial charge in [0.15, 0.2) is 0 Å². The summed E-state index contributed by atoms with van der Waals surface area (Å²) in [4.78, 5) is 29.8. The van der Waals surface area contributed by atoms with E-state index >= 15 is 0 Å². The molecule has 0 radical (unpaired) electrons. The van der Waals surface area contributed by atoms with Crippen LogP contribution in [0.4, 0.5) is 15.9 Å². The first-order valence-corrected chi connectivity index (χ1v) is 10.7. The lowest BCUT2D eigenvalue weighted by molar-refractivity contribution is 0.200. The molecule has 168 valence electrons. The van der Waals surface area contributed by atoms with Gasteiger partial charge in [0.05, 0.1) is 5.02 Å². The average Bonchev–Trinajstić information content (AvgIpc) is 3.04. The number of aromatic nitrogens is 2. The molecule has 1 aliphatic rings. The predicted molar refractivity (Wildman–Crippen MR) is 123 cm³/mol. The molecule has 4 rings (SSSR count). The van der Waals surface area contributed by atoms with Gasteiger partial charge in [0.2, 0.25) is 0 Å². The van der Waals surface area contributed by atoms with Gasteiger partial charge in [0, 0.05) is 33.3 Å². The van der Waals surface area contributed by atoms with Crippen LogP contribution in [0, 0.1) is 5.82 Å². The largest absolute Gasteiger partial charge is 0.452 e. The molecule has 1 atom stereocenters. The van der Waals surface area contributed by atoms with Crippen LogP contribution in [0.25, 0.3) is 0 Å². The number of ether oxygens (including phenoxy) is 1. The fraction of sp³-hybridized carbons (Fsp3) is 0.304. The Balaban J connectivity index is 1.85. The van der Waals surface area contributed by atoms with E-state index in [1.165, 1.54) is 21.3 Å². The molecule has 0 spiro atoms. The van der Waals surface area contributed by atoms with E-state index in [-0.39, 0.29) is 22.0 Å². The Morgan fingerprint density at radius 3 is 2.47 bits per heavy atom. The van der Waals surface area contributed by atoms with Crippen molar-refractivity contribution in [2.24, 2.45) is 7.05 Å². The van der Waals surface area contributed by atoms with Crippen molar-refractivity contribution in [1.82, 2.24) is 9.13 Å². The molecule has 7 nitrogen and oxygen atoms in total. The highest BCUT2D eigenvalue weighted by Gasteiger charge is 2.40. The van der Waals surface area contributed by atoms with Crippen LogP contribution in [-0.2, 0) is 20.1 Å². The zero-order valence-electron chi connectivity index (χ0n) is 18.1. The van der Waals surface area contributed by atoms with Crippen LogP contribution in [0.5, 0.6) is 5.75 Å². The van der Waals surface area contributed by atoms with Gasteiger partial charge < -0.3 is 14.5 Å². The van der Waals surface area contributed by atoms with Crippen molar-refractivity contribution >= 4 is 23.1 Å². The number of hydrogen-bond donors (Lipinski definition) is 0. The number of benzene rings is 2. The Kier molecular flexibility index (Phi) is 5.97. The van der Waals surface area contributed by atoms with Gasteiger partial charge in [-0.1, -0.05) is 48.9 Å². The van der Waals surface area contributed by atoms with E-state index in [0.29, 0.717) is 31.0 Å². The van der Waals surface area contributed by atoms with E-state index in [1.54, 1.807) is 30.0 Å². The molecule has 9 heteroatoms. The number of nitrogens with zero attached hydrogens (tertiary/aromatic N) is 4. The lowest BCUT2D eigenvalue weighted by atomic mass is 10.2. The Labute approximate surface area is 189 Å². The molecule has 32 heavy (non-hydrogen) atoms. The van der Waals surface area contributed by atoms with Gasteiger partial charge in [-0.25, -0.2) is 9.18 Å². The molecular formula is C23H24ClFN4O3. The zero-order valence-corrected chi connectivity index (χ0v) is 18.8. The van der Waals surface area contributed by atoms with E-state index in [4.69, 9.17) is 16.3 Å². The minimum absolute atomic E-state index is 0.00796. The van der Waals surface area contributed by atoms with Crippen LogP contribution >= 0.6 is 11.6 Å². The SMILES string of the molecule is CCCn1c(=O)c2c(n(C)c1=O)N(C)C(Oc1ccc(Cl)c(F)c1)N2Cc1ccccc1. The number of rotatable bonds is 6. The smallest absolute Gasteiger partial charge is 0.332 e. The molecule has 0 saturated carbocycles. The second kappa shape index (κ2) is 8.70. The van der Waals surface area contributed by atoms with Crippen molar-refractivity contribution in [3.8, 4) is 5.75 Å². The molecule has 1 aromatic heterocycles. The molecule has 0 bridgehead atoms. The van der Waals surface area contributed by atoms with Crippen molar-refractivity contribution in [2.45, 2.75) is 32.8 Å². The fourth-order valence-corrected chi connectivity index (χ4v) is 4.11. The van der Waals surface area contributed by atoms with E-state index in [1.807, 2.05) is 37.3 Å². The van der Waals surface area contributed by atoms with Crippen molar-refractivity contribution < 1.29 is 9.13 Å². The fourth-order valence-electron chi connectivity index (χ4n) is 3.99. The summed E-state index contributed by atoms with van der Waals surface area (Å²) in [6, 6.07) is 13.8. The van der Waals surface area contributed by atoms with Crippen LogP contribution < -0.4 is 25.8 Å². The summed E-state index contributed by atoms with van der Waals surface area (Å²) < 4.78 is 22.9. The topological polar surface area (TPSA) is 59.7 Å². The minimum atomic E-state index is -0.776. The van der Waals surface area contributed by atoms with Crippen LogP contribution in [0.3, 0.4) is 0 Å². The van der Waals surface area contributed by atoms with Crippen LogP contribution in [0.15, 0.2) is 58.1 Å². The van der Waals surface area contributed by atoms with Gasteiger partial charge in [0.25, 0.3) is 11.9 Å². The molecular weight excluding hydrogens is 435 g/mol. The van der Waals surface area contributed by atoms with Gasteiger partial charge in [-0.2, -0.15) is 0 Å². The number of hydrogen-bond acceptors (Lipinski definition) is 5. The molecule has 2 aromatic carbocycles. The van der Waals surface area contributed by atoms with Crippen LogP contribution in [0.1, 0.15) is 18.9 Å². The van der Waals surface area contributed by atoms with Crippen molar-refractivity contribution in [2.75, 3.05) is 16.8 Å². The highest BCUT2D eigenvalue weighted by Crippen LogP contribution is 2.37. The summed E-state index contributed by atoms with van der Waals surface area (Å²) in [7, 11) is 3.37. The summed E-state index contributed by atoms with van der Waals surface area (Å²) >= 11 is 5.81. The second-order valence-corrected chi connectivity index (χ2v) is 8.12. The second-order valence-electron chi connectivity index (χ2n) is 7.72. The summed E-state index contributed by atoms with van der Waals surface area (Å²) in [5.74, 6) is 0.103. The van der Waals surface area contributed by atoms with Crippen molar-refractivity contribution in [3.63, 3.8) is 0 Å². The van der Waals surface area contributed by atoms with E-state index in [9.17, 15) is 14.0 Å². The quantitative estimate of drug-likeness (QED) is 0.565. The van der Waals surface area contributed by atoms with Crippen LogP contribution in [0.2, 0.25) is 5.02 Å². The first-order valence-electron chi connectivity index (χ1n) is 10.3. The molecule has 2 heterocycles. The zero-order chi connectivity index (χ0) is 23.0. The summed E-state index contributed by atoms with van der Waals surface area (Å²) in [5, 5.41) is -0.00796. The third-order valence-corrected chi connectivity index (χ3v) is 5.80. The van der Waals surface area contributed by atoms with E-state index in [0.717, 1.165) is 5.56 Å². The van der Waals surface area contributed by atoms with E-state index < -0.39 is 12.2 Å². The summed E-state index contributed by atoms with van der Waals surface area (Å²) in [5.41, 5.74) is 0.563. The van der Waals surface area contributed by atoms with Crippen LogP contribution in [-0.4, -0.2) is 22.5 Å².